The lowest BCUT2D eigenvalue weighted by atomic mass is 10.1. The first-order valence-corrected chi connectivity index (χ1v) is 6.71. The number of likely N-dealkylation sites (N-methyl/N-ethyl adjacent to an activating group) is 1. The summed E-state index contributed by atoms with van der Waals surface area (Å²) in [7, 11) is 0. The zero-order valence-corrected chi connectivity index (χ0v) is 11.8. The highest BCUT2D eigenvalue weighted by molar-refractivity contribution is 5.87. The minimum Gasteiger partial charge on any atom is -0.355 e. The summed E-state index contributed by atoms with van der Waals surface area (Å²) in [6.07, 6.45) is 0.399. The molecule has 4 heteroatoms. The maximum Gasteiger partial charge on any atom is 0.242 e. The Kier molecular flexibility index (Phi) is 6.06. The van der Waals surface area contributed by atoms with Gasteiger partial charge in [-0.3, -0.25) is 9.59 Å². The standard InChI is InChI=1S/C15H22N2O2/c1-4-14(18)17(12(3)15(19)16-5-2)11-13-9-7-6-8-10-13/h6-10,12H,4-5,11H2,1-3H3,(H,16,19). The summed E-state index contributed by atoms with van der Waals surface area (Å²) in [6.45, 7) is 6.48. The van der Waals surface area contributed by atoms with Gasteiger partial charge in [0.2, 0.25) is 11.8 Å². The first kappa shape index (κ1) is 15.2. The molecule has 0 heterocycles. The number of amides is 2. The molecule has 0 saturated carbocycles. The van der Waals surface area contributed by atoms with E-state index in [-0.39, 0.29) is 11.8 Å². The third kappa shape index (κ3) is 4.39. The molecule has 0 saturated heterocycles. The van der Waals surface area contributed by atoms with Crippen molar-refractivity contribution in [3.8, 4) is 0 Å². The van der Waals surface area contributed by atoms with Crippen molar-refractivity contribution >= 4 is 11.8 Å². The molecule has 1 N–H and O–H groups in total. The van der Waals surface area contributed by atoms with E-state index in [9.17, 15) is 9.59 Å². The molecule has 104 valence electrons. The molecule has 0 aliphatic heterocycles. The highest BCUT2D eigenvalue weighted by Gasteiger charge is 2.24. The van der Waals surface area contributed by atoms with Crippen molar-refractivity contribution < 1.29 is 9.59 Å². The quantitative estimate of drug-likeness (QED) is 0.852. The summed E-state index contributed by atoms with van der Waals surface area (Å²) < 4.78 is 0. The van der Waals surface area contributed by atoms with Crippen LogP contribution in [0.1, 0.15) is 32.8 Å². The highest BCUT2D eigenvalue weighted by Crippen LogP contribution is 2.10. The predicted molar refractivity (Wildman–Crippen MR) is 75.4 cm³/mol. The van der Waals surface area contributed by atoms with Gasteiger partial charge in [0.1, 0.15) is 6.04 Å². The Morgan fingerprint density at radius 1 is 1.21 bits per heavy atom. The van der Waals surface area contributed by atoms with E-state index in [4.69, 9.17) is 0 Å². The fraction of sp³-hybridized carbons (Fsp3) is 0.467. The number of benzene rings is 1. The molecule has 2 amide bonds. The Hall–Kier alpha value is -1.84. The van der Waals surface area contributed by atoms with Crippen molar-refractivity contribution in [3.63, 3.8) is 0 Å². The molecule has 0 aliphatic rings. The van der Waals surface area contributed by atoms with Crippen LogP contribution in [-0.2, 0) is 16.1 Å². The van der Waals surface area contributed by atoms with E-state index in [2.05, 4.69) is 5.32 Å². The van der Waals surface area contributed by atoms with Crippen LogP contribution >= 0.6 is 0 Å². The molecular weight excluding hydrogens is 240 g/mol. The highest BCUT2D eigenvalue weighted by atomic mass is 16.2. The SMILES string of the molecule is CCNC(=O)C(C)N(Cc1ccccc1)C(=O)CC. The van der Waals surface area contributed by atoms with Crippen molar-refractivity contribution in [1.29, 1.82) is 0 Å². The smallest absolute Gasteiger partial charge is 0.242 e. The van der Waals surface area contributed by atoms with Gasteiger partial charge in [0, 0.05) is 19.5 Å². The molecule has 1 unspecified atom stereocenters. The van der Waals surface area contributed by atoms with Gasteiger partial charge in [-0.05, 0) is 19.4 Å². The maximum absolute atomic E-state index is 12.0. The van der Waals surface area contributed by atoms with Gasteiger partial charge in [-0.2, -0.15) is 0 Å². The number of nitrogens with one attached hydrogen (secondary N) is 1. The topological polar surface area (TPSA) is 49.4 Å². The van der Waals surface area contributed by atoms with Gasteiger partial charge in [0.05, 0.1) is 0 Å². The van der Waals surface area contributed by atoms with Crippen LogP contribution in [0.5, 0.6) is 0 Å². The first-order chi connectivity index (χ1) is 9.10. The lowest BCUT2D eigenvalue weighted by Crippen LogP contribution is -2.47. The minimum atomic E-state index is -0.451. The van der Waals surface area contributed by atoms with Crippen LogP contribution in [0.3, 0.4) is 0 Å². The van der Waals surface area contributed by atoms with E-state index in [0.717, 1.165) is 5.56 Å². The maximum atomic E-state index is 12.0. The molecule has 1 atom stereocenters. The van der Waals surface area contributed by atoms with Crippen molar-refractivity contribution in [3.05, 3.63) is 35.9 Å². The molecule has 19 heavy (non-hydrogen) atoms. The van der Waals surface area contributed by atoms with Gasteiger partial charge >= 0.3 is 0 Å². The van der Waals surface area contributed by atoms with Crippen LogP contribution in [0.2, 0.25) is 0 Å². The summed E-state index contributed by atoms with van der Waals surface area (Å²) >= 11 is 0. The monoisotopic (exact) mass is 262 g/mol. The first-order valence-electron chi connectivity index (χ1n) is 6.71. The zero-order chi connectivity index (χ0) is 14.3. The van der Waals surface area contributed by atoms with Crippen molar-refractivity contribution in [2.45, 2.75) is 39.8 Å². The average Bonchev–Trinajstić information content (AvgIpc) is 2.44. The normalized spacial score (nSPS) is 11.7. The Balaban J connectivity index is 2.83. The minimum absolute atomic E-state index is 0.0115. The number of rotatable bonds is 6. The second kappa shape index (κ2) is 7.56. The van der Waals surface area contributed by atoms with E-state index in [0.29, 0.717) is 19.5 Å². The van der Waals surface area contributed by atoms with Gasteiger partial charge in [-0.1, -0.05) is 37.3 Å². The molecular formula is C15H22N2O2. The molecule has 1 rings (SSSR count). The molecule has 1 aromatic rings. The molecule has 1 aromatic carbocycles. The van der Waals surface area contributed by atoms with E-state index < -0.39 is 6.04 Å². The van der Waals surface area contributed by atoms with Crippen LogP contribution in [0, 0.1) is 0 Å². The van der Waals surface area contributed by atoms with Gasteiger partial charge < -0.3 is 10.2 Å². The van der Waals surface area contributed by atoms with E-state index in [1.807, 2.05) is 44.2 Å². The van der Waals surface area contributed by atoms with Crippen LogP contribution in [0.4, 0.5) is 0 Å². The molecule has 0 radical (unpaired) electrons. The van der Waals surface area contributed by atoms with Crippen LogP contribution in [-0.4, -0.2) is 29.3 Å². The molecule has 4 nitrogen and oxygen atoms in total. The predicted octanol–water partition coefficient (Wildman–Crippen LogP) is 1.95. The molecule has 0 spiro atoms. The second-order valence-corrected chi connectivity index (χ2v) is 4.43. The molecule has 0 aromatic heterocycles. The van der Waals surface area contributed by atoms with Gasteiger partial charge in [0.25, 0.3) is 0 Å². The summed E-state index contributed by atoms with van der Waals surface area (Å²) in [5, 5.41) is 2.76. The number of nitrogens with zero attached hydrogens (tertiary/aromatic N) is 1. The van der Waals surface area contributed by atoms with Crippen LogP contribution in [0.15, 0.2) is 30.3 Å². The largest absolute Gasteiger partial charge is 0.355 e. The lowest BCUT2D eigenvalue weighted by Gasteiger charge is -2.28. The van der Waals surface area contributed by atoms with E-state index in [1.54, 1.807) is 11.8 Å². The number of hydrogen-bond donors (Lipinski definition) is 1. The fourth-order valence-corrected chi connectivity index (χ4v) is 1.89. The zero-order valence-electron chi connectivity index (χ0n) is 11.8. The van der Waals surface area contributed by atoms with Crippen LogP contribution < -0.4 is 5.32 Å². The molecule has 0 bridgehead atoms. The second-order valence-electron chi connectivity index (χ2n) is 4.43. The van der Waals surface area contributed by atoms with Crippen molar-refractivity contribution in [1.82, 2.24) is 10.2 Å². The fourth-order valence-electron chi connectivity index (χ4n) is 1.89. The van der Waals surface area contributed by atoms with Gasteiger partial charge in [0.15, 0.2) is 0 Å². The third-order valence-corrected chi connectivity index (χ3v) is 3.02. The van der Waals surface area contributed by atoms with Crippen LogP contribution in [0.25, 0.3) is 0 Å². The van der Waals surface area contributed by atoms with E-state index >= 15 is 0 Å². The average molecular weight is 262 g/mol. The Morgan fingerprint density at radius 3 is 2.37 bits per heavy atom. The summed E-state index contributed by atoms with van der Waals surface area (Å²) in [5.41, 5.74) is 1.03. The number of hydrogen-bond acceptors (Lipinski definition) is 2. The Morgan fingerprint density at radius 2 is 1.84 bits per heavy atom. The Labute approximate surface area is 114 Å². The number of carbonyl (C=O) groups excluding carboxylic acids is 2. The van der Waals surface area contributed by atoms with Crippen molar-refractivity contribution in [2.75, 3.05) is 6.54 Å². The summed E-state index contributed by atoms with van der Waals surface area (Å²) in [5.74, 6) is -0.122. The van der Waals surface area contributed by atoms with Crippen molar-refractivity contribution in [2.24, 2.45) is 0 Å². The lowest BCUT2D eigenvalue weighted by molar-refractivity contribution is -0.140. The summed E-state index contributed by atoms with van der Waals surface area (Å²) in [4.78, 5) is 25.5. The third-order valence-electron chi connectivity index (χ3n) is 3.02. The summed E-state index contributed by atoms with van der Waals surface area (Å²) in [6, 6.07) is 9.26. The molecule has 0 aliphatic carbocycles. The van der Waals surface area contributed by atoms with Gasteiger partial charge in [-0.15, -0.1) is 0 Å². The van der Waals surface area contributed by atoms with Gasteiger partial charge in [-0.25, -0.2) is 0 Å². The molecule has 0 fully saturated rings. The van der Waals surface area contributed by atoms with E-state index in [1.165, 1.54) is 0 Å². The number of carbonyl (C=O) groups is 2. The Bertz CT molecular complexity index is 417.